The fourth-order valence-corrected chi connectivity index (χ4v) is 9.11. The lowest BCUT2D eigenvalue weighted by atomic mass is 9.80. The van der Waals surface area contributed by atoms with E-state index in [0.717, 1.165) is 0 Å². The van der Waals surface area contributed by atoms with Crippen molar-refractivity contribution < 1.29 is 0 Å². The molecule has 1 fully saturated rings. The van der Waals surface area contributed by atoms with Gasteiger partial charge in [0.15, 0.2) is 0 Å². The minimum absolute atomic E-state index is 0.0370. The van der Waals surface area contributed by atoms with E-state index < -0.39 is 0 Å². The molecule has 8 aromatic rings. The van der Waals surface area contributed by atoms with Crippen molar-refractivity contribution in [2.24, 2.45) is 0 Å². The molecule has 0 amide bonds. The zero-order valence-electron chi connectivity index (χ0n) is 30.9. The first-order valence-corrected chi connectivity index (χ1v) is 19.1. The van der Waals surface area contributed by atoms with E-state index in [1.54, 1.807) is 0 Å². The summed E-state index contributed by atoms with van der Waals surface area (Å²) in [7, 11) is 2.26. The molecule has 10 rings (SSSR count). The van der Waals surface area contributed by atoms with Crippen LogP contribution < -0.4 is 10.6 Å². The minimum atomic E-state index is -0.187. The van der Waals surface area contributed by atoms with Gasteiger partial charge in [-0.05, 0) is 108 Å². The van der Waals surface area contributed by atoms with Crippen LogP contribution in [0.1, 0.15) is 60.2 Å². The Morgan fingerprint density at radius 1 is 0.463 bits per heavy atom. The summed E-state index contributed by atoms with van der Waals surface area (Å²) in [5, 5.41) is 13.2. The van der Waals surface area contributed by atoms with Gasteiger partial charge in [-0.2, -0.15) is 0 Å². The van der Waals surface area contributed by atoms with Gasteiger partial charge in [-0.25, -0.2) is 0 Å². The summed E-state index contributed by atoms with van der Waals surface area (Å²) in [5.74, 6) is 0. The average molecular weight is 698 g/mol. The highest BCUT2D eigenvalue weighted by Crippen LogP contribution is 2.55. The van der Waals surface area contributed by atoms with Gasteiger partial charge in [0.25, 0.3) is 0 Å². The second-order valence-electron chi connectivity index (χ2n) is 15.5. The first-order chi connectivity index (χ1) is 26.4. The van der Waals surface area contributed by atoms with Gasteiger partial charge in [0.05, 0.1) is 18.5 Å². The molecule has 3 atom stereocenters. The zero-order valence-corrected chi connectivity index (χ0v) is 30.9. The second kappa shape index (κ2) is 12.9. The molecule has 0 spiro atoms. The molecule has 2 N–H and O–H groups in total. The molecule has 1 heterocycles. The highest BCUT2D eigenvalue weighted by molar-refractivity contribution is 5.99. The Morgan fingerprint density at radius 3 is 1.83 bits per heavy atom. The van der Waals surface area contributed by atoms with E-state index in [2.05, 4.69) is 212 Å². The van der Waals surface area contributed by atoms with Crippen LogP contribution >= 0.6 is 0 Å². The van der Waals surface area contributed by atoms with E-state index in [1.165, 1.54) is 82.7 Å². The monoisotopic (exact) mass is 697 g/mol. The van der Waals surface area contributed by atoms with E-state index in [0.29, 0.717) is 0 Å². The van der Waals surface area contributed by atoms with Crippen molar-refractivity contribution in [1.29, 1.82) is 0 Å². The minimum Gasteiger partial charge on any atom is -0.279 e. The SMILES string of the molecule is CN1C(c2ccc(-c3ccccc3)cc2)NC(c2ccccc2)NC1c1c2c(cc3ccccc13)C(C)(C)c1cc(-c3ccc4ccccc4c3)ccc1-2. The van der Waals surface area contributed by atoms with Crippen LogP contribution in [0.15, 0.2) is 176 Å². The molecular weight excluding hydrogens is 655 g/mol. The highest BCUT2D eigenvalue weighted by Gasteiger charge is 2.42. The molecule has 0 saturated carbocycles. The number of benzene rings is 8. The van der Waals surface area contributed by atoms with E-state index in [1.807, 2.05) is 0 Å². The van der Waals surface area contributed by atoms with Gasteiger partial charge >= 0.3 is 0 Å². The Balaban J connectivity index is 1.13. The van der Waals surface area contributed by atoms with Crippen molar-refractivity contribution >= 4 is 21.5 Å². The Morgan fingerprint density at radius 2 is 1.06 bits per heavy atom. The predicted molar refractivity (Wildman–Crippen MR) is 225 cm³/mol. The topological polar surface area (TPSA) is 27.3 Å². The second-order valence-corrected chi connectivity index (χ2v) is 15.5. The summed E-state index contributed by atoms with van der Waals surface area (Å²) in [4.78, 5) is 2.49. The van der Waals surface area contributed by atoms with E-state index in [4.69, 9.17) is 0 Å². The van der Waals surface area contributed by atoms with Gasteiger partial charge in [0.2, 0.25) is 0 Å². The third-order valence-corrected chi connectivity index (χ3v) is 12.0. The quantitative estimate of drug-likeness (QED) is 0.187. The fourth-order valence-electron chi connectivity index (χ4n) is 9.11. The summed E-state index contributed by atoms with van der Waals surface area (Å²) in [5.41, 5.74) is 14.0. The maximum Gasteiger partial charge on any atom is 0.0900 e. The smallest absolute Gasteiger partial charge is 0.0900 e. The zero-order chi connectivity index (χ0) is 36.4. The Hall–Kier alpha value is -5.84. The van der Waals surface area contributed by atoms with Crippen molar-refractivity contribution in [2.75, 3.05) is 7.05 Å². The lowest BCUT2D eigenvalue weighted by Crippen LogP contribution is -2.55. The van der Waals surface area contributed by atoms with Crippen LogP contribution in [0.25, 0.3) is 54.9 Å². The van der Waals surface area contributed by atoms with Crippen LogP contribution in [-0.4, -0.2) is 11.9 Å². The molecule has 3 nitrogen and oxygen atoms in total. The summed E-state index contributed by atoms with van der Waals surface area (Å²) < 4.78 is 0. The van der Waals surface area contributed by atoms with Crippen LogP contribution in [0.2, 0.25) is 0 Å². The fraction of sp³-hybridized carbons (Fsp3) is 0.137. The lowest BCUT2D eigenvalue weighted by Gasteiger charge is -2.46. The Labute approximate surface area is 317 Å². The lowest BCUT2D eigenvalue weighted by molar-refractivity contribution is 0.0426. The van der Waals surface area contributed by atoms with E-state index in [-0.39, 0.29) is 23.9 Å². The van der Waals surface area contributed by atoms with Crippen molar-refractivity contribution in [3.8, 4) is 33.4 Å². The predicted octanol–water partition coefficient (Wildman–Crippen LogP) is 12.2. The summed E-state index contributed by atoms with van der Waals surface area (Å²) >= 11 is 0. The molecule has 1 aliphatic heterocycles. The molecule has 3 heteroatoms. The number of rotatable bonds is 5. The molecule has 1 saturated heterocycles. The largest absolute Gasteiger partial charge is 0.279 e. The molecule has 8 aromatic carbocycles. The van der Waals surface area contributed by atoms with E-state index in [9.17, 15) is 0 Å². The van der Waals surface area contributed by atoms with Crippen LogP contribution in [0.5, 0.6) is 0 Å². The highest BCUT2D eigenvalue weighted by atomic mass is 15.4. The normalized spacial score (nSPS) is 19.1. The third-order valence-electron chi connectivity index (χ3n) is 12.0. The van der Waals surface area contributed by atoms with Gasteiger partial charge in [0, 0.05) is 5.41 Å². The molecule has 0 bridgehead atoms. The van der Waals surface area contributed by atoms with Crippen LogP contribution in [-0.2, 0) is 5.41 Å². The number of nitrogens with one attached hydrogen (secondary N) is 2. The number of hydrogen-bond acceptors (Lipinski definition) is 3. The standard InChI is InChI=1S/C51H43N3/c1-51(2)44-31-40(39-27-24-34-16-10-11-19-38(34)30-39)28-29-43(44)46-45(51)32-41-20-12-13-21-42(41)47(46)50-53-48(36-17-8-5-9-18-36)52-49(54(50)3)37-25-22-35(23-26-37)33-14-6-4-7-15-33/h4-32,48-50,52-53H,1-3H3. The van der Waals surface area contributed by atoms with Gasteiger partial charge in [-0.1, -0.05) is 172 Å². The summed E-state index contributed by atoms with van der Waals surface area (Å²) in [6.07, 6.45) is -0.188. The van der Waals surface area contributed by atoms with Gasteiger partial charge in [-0.15, -0.1) is 0 Å². The average Bonchev–Trinajstić information content (AvgIpc) is 3.45. The van der Waals surface area contributed by atoms with Crippen molar-refractivity contribution in [3.63, 3.8) is 0 Å². The molecule has 3 unspecified atom stereocenters. The van der Waals surface area contributed by atoms with E-state index >= 15 is 0 Å². The Kier molecular flexibility index (Phi) is 7.85. The molecular formula is C51H43N3. The van der Waals surface area contributed by atoms with Gasteiger partial charge in [0.1, 0.15) is 0 Å². The molecule has 2 aliphatic rings. The first-order valence-electron chi connectivity index (χ1n) is 19.1. The molecule has 0 radical (unpaired) electrons. The van der Waals surface area contributed by atoms with Crippen molar-refractivity contribution in [3.05, 3.63) is 204 Å². The van der Waals surface area contributed by atoms with Crippen LogP contribution in [0.3, 0.4) is 0 Å². The van der Waals surface area contributed by atoms with Crippen molar-refractivity contribution in [1.82, 2.24) is 15.5 Å². The first kappa shape index (κ1) is 32.8. The van der Waals surface area contributed by atoms with Gasteiger partial charge in [-0.3, -0.25) is 15.5 Å². The molecule has 262 valence electrons. The molecule has 54 heavy (non-hydrogen) atoms. The molecule has 1 aliphatic carbocycles. The third kappa shape index (κ3) is 5.39. The number of fused-ring (bicyclic) bond motifs is 5. The van der Waals surface area contributed by atoms with Gasteiger partial charge < -0.3 is 0 Å². The molecule has 0 aromatic heterocycles. The Bertz CT molecular complexity index is 2660. The maximum absolute atomic E-state index is 4.12. The number of hydrogen-bond donors (Lipinski definition) is 2. The van der Waals surface area contributed by atoms with Crippen molar-refractivity contribution in [2.45, 2.75) is 37.8 Å². The maximum atomic E-state index is 4.12. The summed E-state index contributed by atoms with van der Waals surface area (Å²) in [6, 6.07) is 64.6. The van der Waals surface area contributed by atoms with Crippen LogP contribution in [0, 0.1) is 0 Å². The summed E-state index contributed by atoms with van der Waals surface area (Å²) in [6.45, 7) is 4.81. The van der Waals surface area contributed by atoms with Crippen LogP contribution in [0.4, 0.5) is 0 Å². The number of nitrogens with zero attached hydrogens (tertiary/aromatic N) is 1.